The van der Waals surface area contributed by atoms with Crippen molar-refractivity contribution in [3.8, 4) is 11.1 Å². The van der Waals surface area contributed by atoms with E-state index in [4.69, 9.17) is 9.26 Å². The van der Waals surface area contributed by atoms with Crippen LogP contribution < -0.4 is 0 Å². The Morgan fingerprint density at radius 1 is 1.22 bits per heavy atom. The lowest BCUT2D eigenvalue weighted by atomic mass is 10.1. The molecule has 27 heavy (non-hydrogen) atoms. The molecule has 4 heterocycles. The Morgan fingerprint density at radius 2 is 2.07 bits per heavy atom. The second-order valence-corrected chi connectivity index (χ2v) is 6.25. The van der Waals surface area contributed by atoms with E-state index in [1.165, 1.54) is 6.33 Å². The number of aromatic nitrogens is 4. The van der Waals surface area contributed by atoms with Crippen LogP contribution in [0.2, 0.25) is 0 Å². The highest BCUT2D eigenvalue weighted by molar-refractivity contribution is 5.91. The summed E-state index contributed by atoms with van der Waals surface area (Å²) in [6.07, 6.45) is 7.18. The van der Waals surface area contributed by atoms with Gasteiger partial charge in [-0.05, 0) is 12.5 Å². The molecule has 0 aliphatic carbocycles. The first-order valence-corrected chi connectivity index (χ1v) is 8.82. The number of rotatable bonds is 4. The maximum Gasteiger partial charge on any atom is 0.292 e. The fourth-order valence-corrected chi connectivity index (χ4v) is 2.96. The summed E-state index contributed by atoms with van der Waals surface area (Å²) in [5, 5.41) is 3.89. The predicted molar refractivity (Wildman–Crippen MR) is 95.7 cm³/mol. The fraction of sp³-hybridized carbons (Fsp3) is 0.316. The van der Waals surface area contributed by atoms with E-state index < -0.39 is 0 Å². The highest BCUT2D eigenvalue weighted by Gasteiger charge is 2.28. The number of morpholine rings is 1. The number of aryl methyl sites for hydroxylation is 1. The maximum absolute atomic E-state index is 12.6. The van der Waals surface area contributed by atoms with Gasteiger partial charge in [-0.15, -0.1) is 0 Å². The van der Waals surface area contributed by atoms with E-state index >= 15 is 0 Å². The molecule has 138 valence electrons. The smallest absolute Gasteiger partial charge is 0.292 e. The van der Waals surface area contributed by atoms with Crippen LogP contribution in [0.3, 0.4) is 0 Å². The van der Waals surface area contributed by atoms with Crippen molar-refractivity contribution < 1.29 is 14.1 Å². The molecule has 1 aliphatic heterocycles. The topological polar surface area (TPSA) is 94.2 Å². The predicted octanol–water partition coefficient (Wildman–Crippen LogP) is 2.30. The minimum atomic E-state index is -0.280. The Kier molecular flexibility index (Phi) is 4.88. The van der Waals surface area contributed by atoms with Crippen molar-refractivity contribution in [3.05, 3.63) is 60.3 Å². The van der Waals surface area contributed by atoms with Crippen molar-refractivity contribution in [1.82, 2.24) is 25.0 Å². The van der Waals surface area contributed by atoms with E-state index in [2.05, 4.69) is 20.1 Å². The van der Waals surface area contributed by atoms with Gasteiger partial charge in [0.1, 0.15) is 12.4 Å². The van der Waals surface area contributed by atoms with Crippen LogP contribution >= 0.6 is 0 Å². The average Bonchev–Trinajstić information content (AvgIpc) is 3.23. The molecule has 8 heteroatoms. The summed E-state index contributed by atoms with van der Waals surface area (Å²) in [5.41, 5.74) is 3.37. The average molecular weight is 365 g/mol. The van der Waals surface area contributed by atoms with Crippen LogP contribution in [0.15, 0.2) is 47.6 Å². The number of amides is 1. The molecule has 1 saturated heterocycles. The molecule has 0 radical (unpaired) electrons. The highest BCUT2D eigenvalue weighted by atomic mass is 16.5. The van der Waals surface area contributed by atoms with Crippen molar-refractivity contribution in [2.75, 3.05) is 19.7 Å². The van der Waals surface area contributed by atoms with Gasteiger partial charge in [0.25, 0.3) is 5.91 Å². The largest absolute Gasteiger partial charge is 0.368 e. The van der Waals surface area contributed by atoms with E-state index in [0.717, 1.165) is 28.9 Å². The summed E-state index contributed by atoms with van der Waals surface area (Å²) < 4.78 is 11.0. The standard InChI is InChI=1S/C19H19N5O3/c1-2-15-7-17(27-23-15)19(25)24-5-6-26-18(11-24)16-4-3-13(10-22-16)14-8-20-12-21-9-14/h3-4,7-10,12,18H,2,5-6,11H2,1H3/t18-/m1/s1. The van der Waals surface area contributed by atoms with Crippen molar-refractivity contribution in [2.45, 2.75) is 19.4 Å². The van der Waals surface area contributed by atoms with Crippen LogP contribution in [0.25, 0.3) is 11.1 Å². The molecule has 0 aromatic carbocycles. The Bertz CT molecular complexity index is 911. The molecule has 1 amide bonds. The Balaban J connectivity index is 1.47. The normalized spacial score (nSPS) is 17.1. The lowest BCUT2D eigenvalue weighted by Crippen LogP contribution is -2.42. The van der Waals surface area contributed by atoms with Crippen molar-refractivity contribution in [1.29, 1.82) is 0 Å². The number of pyridine rings is 1. The van der Waals surface area contributed by atoms with Crippen LogP contribution in [-0.4, -0.2) is 50.6 Å². The molecule has 1 atom stereocenters. The maximum atomic E-state index is 12.6. The molecule has 0 unspecified atom stereocenters. The van der Waals surface area contributed by atoms with Gasteiger partial charge in [-0.25, -0.2) is 9.97 Å². The number of ether oxygens (including phenoxy) is 1. The quantitative estimate of drug-likeness (QED) is 0.700. The van der Waals surface area contributed by atoms with Gasteiger partial charge < -0.3 is 14.2 Å². The van der Waals surface area contributed by atoms with Crippen LogP contribution in [0.5, 0.6) is 0 Å². The van der Waals surface area contributed by atoms with Gasteiger partial charge in [0.15, 0.2) is 0 Å². The van der Waals surface area contributed by atoms with Crippen LogP contribution in [-0.2, 0) is 11.2 Å². The van der Waals surface area contributed by atoms with E-state index in [9.17, 15) is 4.79 Å². The van der Waals surface area contributed by atoms with E-state index in [-0.39, 0.29) is 17.8 Å². The summed E-state index contributed by atoms with van der Waals surface area (Å²) >= 11 is 0. The van der Waals surface area contributed by atoms with Gasteiger partial charge in [-0.3, -0.25) is 9.78 Å². The van der Waals surface area contributed by atoms with E-state index in [1.807, 2.05) is 19.1 Å². The number of nitrogens with zero attached hydrogens (tertiary/aromatic N) is 5. The van der Waals surface area contributed by atoms with Crippen molar-refractivity contribution in [3.63, 3.8) is 0 Å². The lowest BCUT2D eigenvalue weighted by molar-refractivity contribution is -0.0258. The van der Waals surface area contributed by atoms with Gasteiger partial charge in [-0.1, -0.05) is 18.1 Å². The van der Waals surface area contributed by atoms with Crippen LogP contribution in [0.4, 0.5) is 0 Å². The SMILES string of the molecule is CCc1cc(C(=O)N2CCO[C@@H](c3ccc(-c4cncnc4)cn3)C2)on1. The molecule has 1 aliphatic rings. The number of hydrogen-bond acceptors (Lipinski definition) is 7. The molecule has 4 rings (SSSR count). The second-order valence-electron chi connectivity index (χ2n) is 6.25. The first kappa shape index (κ1) is 17.3. The van der Waals surface area contributed by atoms with Gasteiger partial charge >= 0.3 is 0 Å². The minimum absolute atomic E-state index is 0.173. The van der Waals surface area contributed by atoms with Crippen LogP contribution in [0.1, 0.15) is 35.0 Å². The summed E-state index contributed by atoms with van der Waals surface area (Å²) in [6, 6.07) is 5.56. The zero-order valence-corrected chi connectivity index (χ0v) is 14.9. The monoisotopic (exact) mass is 365 g/mol. The van der Waals surface area contributed by atoms with Gasteiger partial charge in [0, 0.05) is 42.3 Å². The molecule has 0 bridgehead atoms. The van der Waals surface area contributed by atoms with Gasteiger partial charge in [0.05, 0.1) is 24.5 Å². The third-order valence-corrected chi connectivity index (χ3v) is 4.50. The number of carbonyl (C=O) groups is 1. The highest BCUT2D eigenvalue weighted by Crippen LogP contribution is 2.24. The molecule has 0 spiro atoms. The van der Waals surface area contributed by atoms with Crippen molar-refractivity contribution >= 4 is 5.91 Å². The molecule has 1 fully saturated rings. The summed E-state index contributed by atoms with van der Waals surface area (Å²) in [7, 11) is 0. The molecule has 8 nitrogen and oxygen atoms in total. The van der Waals surface area contributed by atoms with E-state index in [0.29, 0.717) is 19.7 Å². The summed E-state index contributed by atoms with van der Waals surface area (Å²) in [6.45, 7) is 3.34. The Labute approximate surface area is 156 Å². The Hall–Kier alpha value is -3.13. The molecule has 0 N–H and O–H groups in total. The number of carbonyl (C=O) groups excluding carboxylic acids is 1. The second kappa shape index (κ2) is 7.63. The zero-order chi connectivity index (χ0) is 18.6. The third kappa shape index (κ3) is 3.70. The molecule has 0 saturated carbocycles. The third-order valence-electron chi connectivity index (χ3n) is 4.50. The number of hydrogen-bond donors (Lipinski definition) is 0. The molecular weight excluding hydrogens is 346 g/mol. The van der Waals surface area contributed by atoms with Gasteiger partial charge in [-0.2, -0.15) is 0 Å². The first-order valence-electron chi connectivity index (χ1n) is 8.82. The van der Waals surface area contributed by atoms with Crippen molar-refractivity contribution in [2.24, 2.45) is 0 Å². The fourth-order valence-electron chi connectivity index (χ4n) is 2.96. The lowest BCUT2D eigenvalue weighted by Gasteiger charge is -2.32. The summed E-state index contributed by atoms with van der Waals surface area (Å²) in [5.74, 6) is 0.0911. The van der Waals surface area contributed by atoms with Crippen LogP contribution in [0, 0.1) is 0 Å². The minimum Gasteiger partial charge on any atom is -0.368 e. The van der Waals surface area contributed by atoms with Gasteiger partial charge in [0.2, 0.25) is 5.76 Å². The molecular formula is C19H19N5O3. The zero-order valence-electron chi connectivity index (χ0n) is 14.9. The Morgan fingerprint density at radius 3 is 2.78 bits per heavy atom. The van der Waals surface area contributed by atoms with E-state index in [1.54, 1.807) is 29.6 Å². The summed E-state index contributed by atoms with van der Waals surface area (Å²) in [4.78, 5) is 26.9. The first-order chi connectivity index (χ1) is 13.2. The molecule has 3 aromatic heterocycles. The molecule has 3 aromatic rings.